The lowest BCUT2D eigenvalue weighted by Gasteiger charge is -2.20. The molecule has 108 valence electrons. The molecular formula is C16H15BrN2O2. The molecule has 5 heteroatoms. The standard InChI is InChI=1S/C16H15BrN2O2/c1-12(20)19(15-8-3-2-4-9-15)11-16(21)18-14-7-5-6-13(17)10-14/h2-10H,11H2,1H3,(H,18,21). The van der Waals surface area contributed by atoms with E-state index in [1.54, 1.807) is 24.3 Å². The number of hydrogen-bond donors (Lipinski definition) is 1. The van der Waals surface area contributed by atoms with Gasteiger partial charge in [-0.15, -0.1) is 0 Å². The molecule has 2 amide bonds. The van der Waals surface area contributed by atoms with Crippen LogP contribution in [0.15, 0.2) is 59.1 Å². The van der Waals surface area contributed by atoms with Gasteiger partial charge in [-0.2, -0.15) is 0 Å². The Morgan fingerprint density at radius 1 is 1.10 bits per heavy atom. The molecule has 0 radical (unpaired) electrons. The molecular weight excluding hydrogens is 332 g/mol. The van der Waals surface area contributed by atoms with E-state index in [-0.39, 0.29) is 18.4 Å². The number of halogens is 1. The van der Waals surface area contributed by atoms with E-state index in [0.29, 0.717) is 11.4 Å². The van der Waals surface area contributed by atoms with E-state index in [1.807, 2.05) is 30.3 Å². The predicted octanol–water partition coefficient (Wildman–Crippen LogP) is 3.44. The van der Waals surface area contributed by atoms with Crippen molar-refractivity contribution < 1.29 is 9.59 Å². The van der Waals surface area contributed by atoms with Crippen molar-refractivity contribution in [2.75, 3.05) is 16.8 Å². The van der Waals surface area contributed by atoms with Gasteiger partial charge < -0.3 is 10.2 Å². The van der Waals surface area contributed by atoms with E-state index >= 15 is 0 Å². The molecule has 0 heterocycles. The lowest BCUT2D eigenvalue weighted by atomic mass is 10.2. The first-order chi connectivity index (χ1) is 10.1. The van der Waals surface area contributed by atoms with Crippen LogP contribution in [0.1, 0.15) is 6.92 Å². The number of carbonyl (C=O) groups is 2. The van der Waals surface area contributed by atoms with Gasteiger partial charge in [0.1, 0.15) is 6.54 Å². The van der Waals surface area contributed by atoms with Crippen molar-refractivity contribution in [1.29, 1.82) is 0 Å². The van der Waals surface area contributed by atoms with Crippen LogP contribution in [-0.2, 0) is 9.59 Å². The summed E-state index contributed by atoms with van der Waals surface area (Å²) >= 11 is 3.35. The quantitative estimate of drug-likeness (QED) is 0.921. The van der Waals surface area contributed by atoms with E-state index in [1.165, 1.54) is 11.8 Å². The van der Waals surface area contributed by atoms with Gasteiger partial charge in [-0.3, -0.25) is 9.59 Å². The highest BCUT2D eigenvalue weighted by Gasteiger charge is 2.15. The lowest BCUT2D eigenvalue weighted by molar-refractivity contribution is -0.120. The number of amides is 2. The molecule has 0 saturated heterocycles. The van der Waals surface area contributed by atoms with Crippen molar-refractivity contribution in [1.82, 2.24) is 0 Å². The molecule has 0 atom stereocenters. The van der Waals surface area contributed by atoms with Crippen LogP contribution in [0.25, 0.3) is 0 Å². The summed E-state index contributed by atoms with van der Waals surface area (Å²) < 4.78 is 0.881. The first kappa shape index (κ1) is 15.3. The lowest BCUT2D eigenvalue weighted by Crippen LogP contribution is -2.36. The second kappa shape index (κ2) is 7.04. The van der Waals surface area contributed by atoms with Gasteiger partial charge in [0.05, 0.1) is 0 Å². The monoisotopic (exact) mass is 346 g/mol. The molecule has 1 N–H and O–H groups in total. The Hall–Kier alpha value is -2.14. The smallest absolute Gasteiger partial charge is 0.244 e. The second-order valence-corrected chi connectivity index (χ2v) is 5.41. The van der Waals surface area contributed by atoms with Gasteiger partial charge in [0.2, 0.25) is 11.8 Å². The first-order valence-electron chi connectivity index (χ1n) is 6.45. The van der Waals surface area contributed by atoms with Crippen molar-refractivity contribution in [2.45, 2.75) is 6.92 Å². The number of nitrogens with one attached hydrogen (secondary N) is 1. The Morgan fingerprint density at radius 2 is 1.81 bits per heavy atom. The third-order valence-corrected chi connectivity index (χ3v) is 3.35. The van der Waals surface area contributed by atoms with E-state index < -0.39 is 0 Å². The van der Waals surface area contributed by atoms with Crippen molar-refractivity contribution in [3.8, 4) is 0 Å². The fourth-order valence-electron chi connectivity index (χ4n) is 1.90. The average molecular weight is 347 g/mol. The number of anilines is 2. The van der Waals surface area contributed by atoms with Crippen molar-refractivity contribution in [2.24, 2.45) is 0 Å². The van der Waals surface area contributed by atoms with Crippen LogP contribution in [0.2, 0.25) is 0 Å². The average Bonchev–Trinajstić information content (AvgIpc) is 2.45. The summed E-state index contributed by atoms with van der Waals surface area (Å²) in [6.07, 6.45) is 0. The maximum Gasteiger partial charge on any atom is 0.244 e. The Bertz CT molecular complexity index is 644. The summed E-state index contributed by atoms with van der Waals surface area (Å²) in [4.78, 5) is 25.3. The van der Waals surface area contributed by atoms with Crippen LogP contribution in [0.4, 0.5) is 11.4 Å². The maximum absolute atomic E-state index is 12.1. The summed E-state index contributed by atoms with van der Waals surface area (Å²) in [6.45, 7) is 1.42. The van der Waals surface area contributed by atoms with E-state index in [4.69, 9.17) is 0 Å². The van der Waals surface area contributed by atoms with E-state index in [2.05, 4.69) is 21.2 Å². The van der Waals surface area contributed by atoms with Crippen molar-refractivity contribution >= 4 is 39.1 Å². The van der Waals surface area contributed by atoms with Crippen LogP contribution >= 0.6 is 15.9 Å². The van der Waals surface area contributed by atoms with Crippen LogP contribution < -0.4 is 10.2 Å². The van der Waals surface area contributed by atoms with Gasteiger partial charge >= 0.3 is 0 Å². The fraction of sp³-hybridized carbons (Fsp3) is 0.125. The molecule has 2 rings (SSSR count). The molecule has 0 aromatic heterocycles. The van der Waals surface area contributed by atoms with Crippen molar-refractivity contribution in [3.05, 3.63) is 59.1 Å². The molecule has 0 saturated carbocycles. The molecule has 2 aromatic carbocycles. The highest BCUT2D eigenvalue weighted by molar-refractivity contribution is 9.10. The van der Waals surface area contributed by atoms with E-state index in [9.17, 15) is 9.59 Å². The first-order valence-corrected chi connectivity index (χ1v) is 7.24. The van der Waals surface area contributed by atoms with Crippen LogP contribution in [-0.4, -0.2) is 18.4 Å². The maximum atomic E-state index is 12.1. The molecule has 2 aromatic rings. The van der Waals surface area contributed by atoms with Crippen LogP contribution in [0, 0.1) is 0 Å². The molecule has 0 aliphatic carbocycles. The zero-order valence-corrected chi connectivity index (χ0v) is 13.1. The third-order valence-electron chi connectivity index (χ3n) is 2.86. The minimum atomic E-state index is -0.243. The Balaban J connectivity index is 2.07. The molecule has 0 aliphatic rings. The van der Waals surface area contributed by atoms with Crippen LogP contribution in [0.5, 0.6) is 0 Å². The van der Waals surface area contributed by atoms with E-state index in [0.717, 1.165) is 4.47 Å². The topological polar surface area (TPSA) is 49.4 Å². The summed E-state index contributed by atoms with van der Waals surface area (Å²) in [6, 6.07) is 16.4. The molecule has 4 nitrogen and oxygen atoms in total. The van der Waals surface area contributed by atoms with Gasteiger partial charge in [0.15, 0.2) is 0 Å². The Kier molecular flexibility index (Phi) is 5.11. The van der Waals surface area contributed by atoms with Gasteiger partial charge in [-0.25, -0.2) is 0 Å². The minimum Gasteiger partial charge on any atom is -0.324 e. The third kappa shape index (κ3) is 4.43. The summed E-state index contributed by atoms with van der Waals surface area (Å²) in [5, 5.41) is 2.78. The molecule has 0 fully saturated rings. The molecule has 0 bridgehead atoms. The molecule has 0 spiro atoms. The number of rotatable bonds is 4. The van der Waals surface area contributed by atoms with Gasteiger partial charge in [0.25, 0.3) is 0 Å². The normalized spacial score (nSPS) is 10.0. The highest BCUT2D eigenvalue weighted by atomic mass is 79.9. The zero-order valence-electron chi connectivity index (χ0n) is 11.5. The molecule has 21 heavy (non-hydrogen) atoms. The summed E-state index contributed by atoms with van der Waals surface area (Å²) in [5.41, 5.74) is 1.39. The SMILES string of the molecule is CC(=O)N(CC(=O)Nc1cccc(Br)c1)c1ccccc1. The zero-order chi connectivity index (χ0) is 15.2. The Morgan fingerprint density at radius 3 is 2.43 bits per heavy atom. The summed E-state index contributed by atoms with van der Waals surface area (Å²) in [5.74, 6) is -0.419. The largest absolute Gasteiger partial charge is 0.324 e. The predicted molar refractivity (Wildman–Crippen MR) is 87.2 cm³/mol. The fourth-order valence-corrected chi connectivity index (χ4v) is 2.30. The highest BCUT2D eigenvalue weighted by Crippen LogP contribution is 2.17. The Labute approximate surface area is 131 Å². The number of para-hydroxylation sites is 1. The number of carbonyl (C=O) groups excluding carboxylic acids is 2. The number of nitrogens with zero attached hydrogens (tertiary/aromatic N) is 1. The number of benzene rings is 2. The molecule has 0 unspecified atom stereocenters. The summed E-state index contributed by atoms with van der Waals surface area (Å²) in [7, 11) is 0. The van der Waals surface area contributed by atoms with Gasteiger partial charge in [0, 0.05) is 22.8 Å². The minimum absolute atomic E-state index is 0.0220. The van der Waals surface area contributed by atoms with Crippen LogP contribution in [0.3, 0.4) is 0 Å². The number of hydrogen-bond acceptors (Lipinski definition) is 2. The van der Waals surface area contributed by atoms with Gasteiger partial charge in [-0.05, 0) is 30.3 Å². The molecule has 0 aliphatic heterocycles. The second-order valence-electron chi connectivity index (χ2n) is 4.50. The van der Waals surface area contributed by atoms with Gasteiger partial charge in [-0.1, -0.05) is 40.2 Å². The van der Waals surface area contributed by atoms with Crippen molar-refractivity contribution in [3.63, 3.8) is 0 Å².